The summed E-state index contributed by atoms with van der Waals surface area (Å²) in [5, 5.41) is 15.1. The van der Waals surface area contributed by atoms with Gasteiger partial charge in [-0.1, -0.05) is 0 Å². The van der Waals surface area contributed by atoms with Gasteiger partial charge in [0, 0.05) is 43.3 Å². The summed E-state index contributed by atoms with van der Waals surface area (Å²) >= 11 is 0. The van der Waals surface area contributed by atoms with Crippen LogP contribution in [0.2, 0.25) is 0 Å². The Kier molecular flexibility index (Phi) is 5.74. The predicted molar refractivity (Wildman–Crippen MR) is 132 cm³/mol. The van der Waals surface area contributed by atoms with Gasteiger partial charge in [-0.3, -0.25) is 9.59 Å². The Morgan fingerprint density at radius 3 is 2.74 bits per heavy atom. The number of fused-ring (bicyclic) bond motifs is 3. The molecule has 0 radical (unpaired) electrons. The summed E-state index contributed by atoms with van der Waals surface area (Å²) in [7, 11) is -4.11. The van der Waals surface area contributed by atoms with Crippen molar-refractivity contribution in [1.29, 1.82) is 0 Å². The summed E-state index contributed by atoms with van der Waals surface area (Å²) in [6.45, 7) is 6.70. The SMILES string of the molecule is CC1CN(c2ccc(NC(=O)c3ccc4cc5n(c4n3)[C@H](C)CNC5=O)c(S(N)(=O)=O)c2)CCN1. The second kappa shape index (κ2) is 8.63. The first-order chi connectivity index (χ1) is 16.6. The third-order valence-corrected chi connectivity index (χ3v) is 7.35. The first-order valence-electron chi connectivity index (χ1n) is 11.4. The molecule has 2 aromatic heterocycles. The molecule has 4 heterocycles. The van der Waals surface area contributed by atoms with Crippen molar-refractivity contribution in [2.24, 2.45) is 5.14 Å². The zero-order chi connectivity index (χ0) is 24.9. The topological polar surface area (TPSA) is 151 Å². The lowest BCUT2D eigenvalue weighted by Crippen LogP contribution is -2.49. The number of sulfonamides is 1. The fraction of sp³-hybridized carbons (Fsp3) is 0.348. The van der Waals surface area contributed by atoms with E-state index in [2.05, 4.69) is 32.8 Å². The van der Waals surface area contributed by atoms with Crippen LogP contribution in [0.4, 0.5) is 11.4 Å². The number of aromatic nitrogens is 2. The molecule has 1 aromatic carbocycles. The number of amides is 2. The standard InChI is InChI=1S/C23H27N7O4S/c1-13-12-29(8-7-25-13)16-4-6-17(20(10-16)35(24,33)34)28-22(31)18-5-3-15-9-19-23(32)26-11-14(2)30(19)21(15)27-18/h3-6,9-10,13-14,25H,7-8,11-12H2,1-2H3,(H,26,32)(H,28,31)(H2,24,33,34)/t13?,14-/m1/s1. The molecule has 184 valence electrons. The maximum atomic E-state index is 13.1. The van der Waals surface area contributed by atoms with Crippen molar-refractivity contribution >= 4 is 44.2 Å². The summed E-state index contributed by atoms with van der Waals surface area (Å²) in [6.07, 6.45) is 0. The van der Waals surface area contributed by atoms with E-state index >= 15 is 0 Å². The number of primary sulfonamides is 1. The Morgan fingerprint density at radius 1 is 1.20 bits per heavy atom. The van der Waals surface area contributed by atoms with E-state index in [4.69, 9.17) is 5.14 Å². The van der Waals surface area contributed by atoms with E-state index in [9.17, 15) is 18.0 Å². The number of hydrogen-bond acceptors (Lipinski definition) is 7. The smallest absolute Gasteiger partial charge is 0.274 e. The van der Waals surface area contributed by atoms with Crippen LogP contribution in [0, 0.1) is 0 Å². The van der Waals surface area contributed by atoms with E-state index in [1.54, 1.807) is 30.3 Å². The summed E-state index contributed by atoms with van der Waals surface area (Å²) in [4.78, 5) is 31.7. The number of nitrogens with one attached hydrogen (secondary N) is 3. The van der Waals surface area contributed by atoms with Crippen LogP contribution in [-0.4, -0.2) is 62.0 Å². The molecule has 11 nitrogen and oxygen atoms in total. The van der Waals surface area contributed by atoms with Crippen LogP contribution in [0.25, 0.3) is 11.0 Å². The molecular formula is C23H27N7O4S. The summed E-state index contributed by atoms with van der Waals surface area (Å²) in [5.41, 5.74) is 1.89. The highest BCUT2D eigenvalue weighted by Gasteiger charge is 2.26. The van der Waals surface area contributed by atoms with Crippen LogP contribution in [0.5, 0.6) is 0 Å². The van der Waals surface area contributed by atoms with E-state index in [0.717, 1.165) is 25.0 Å². The number of nitrogens with zero attached hydrogens (tertiary/aromatic N) is 3. The van der Waals surface area contributed by atoms with Crippen molar-refractivity contribution in [2.75, 3.05) is 36.4 Å². The molecule has 35 heavy (non-hydrogen) atoms. The number of hydrogen-bond donors (Lipinski definition) is 4. The highest BCUT2D eigenvalue weighted by Crippen LogP contribution is 2.29. The lowest BCUT2D eigenvalue weighted by molar-refractivity contribution is 0.0918. The van der Waals surface area contributed by atoms with Gasteiger partial charge in [0.25, 0.3) is 11.8 Å². The Bertz CT molecular complexity index is 1450. The molecule has 2 aliphatic heterocycles. The van der Waals surface area contributed by atoms with Gasteiger partial charge in [0.1, 0.15) is 21.9 Å². The summed E-state index contributed by atoms with van der Waals surface area (Å²) in [5.74, 6) is -0.771. The second-order valence-electron chi connectivity index (χ2n) is 9.05. The molecule has 1 unspecified atom stereocenters. The maximum Gasteiger partial charge on any atom is 0.274 e. The van der Waals surface area contributed by atoms with Gasteiger partial charge in [0.2, 0.25) is 10.0 Å². The summed E-state index contributed by atoms with van der Waals surface area (Å²) < 4.78 is 26.6. The van der Waals surface area contributed by atoms with Gasteiger partial charge in [-0.2, -0.15) is 0 Å². The lowest BCUT2D eigenvalue weighted by Gasteiger charge is -2.34. The monoisotopic (exact) mass is 497 g/mol. The number of carbonyl (C=O) groups is 2. The molecule has 2 amide bonds. The number of anilines is 2. The van der Waals surface area contributed by atoms with E-state index < -0.39 is 15.9 Å². The van der Waals surface area contributed by atoms with Gasteiger partial charge in [0.15, 0.2) is 0 Å². The molecule has 3 aromatic rings. The molecule has 0 spiro atoms. The Morgan fingerprint density at radius 2 is 2.00 bits per heavy atom. The van der Waals surface area contributed by atoms with Gasteiger partial charge in [-0.05, 0) is 50.2 Å². The molecule has 5 rings (SSSR count). The van der Waals surface area contributed by atoms with Crippen molar-refractivity contribution in [3.8, 4) is 0 Å². The van der Waals surface area contributed by atoms with Gasteiger partial charge in [-0.25, -0.2) is 18.5 Å². The van der Waals surface area contributed by atoms with Crippen molar-refractivity contribution in [2.45, 2.75) is 30.8 Å². The molecule has 1 saturated heterocycles. The zero-order valence-electron chi connectivity index (χ0n) is 19.4. The quantitative estimate of drug-likeness (QED) is 0.420. The van der Waals surface area contributed by atoms with E-state index in [0.29, 0.717) is 23.6 Å². The fourth-order valence-corrected chi connectivity index (χ4v) is 5.38. The van der Waals surface area contributed by atoms with E-state index in [1.807, 2.05) is 11.5 Å². The Labute approximate surface area is 202 Å². The van der Waals surface area contributed by atoms with Crippen molar-refractivity contribution in [1.82, 2.24) is 20.2 Å². The average molecular weight is 498 g/mol. The molecule has 5 N–H and O–H groups in total. The minimum absolute atomic E-state index is 0.0275. The molecule has 1 fully saturated rings. The first-order valence-corrected chi connectivity index (χ1v) is 12.9. The number of nitrogens with two attached hydrogens (primary N) is 1. The van der Waals surface area contributed by atoms with Crippen LogP contribution in [0.15, 0.2) is 41.3 Å². The number of rotatable bonds is 4. The zero-order valence-corrected chi connectivity index (χ0v) is 20.2. The highest BCUT2D eigenvalue weighted by molar-refractivity contribution is 7.89. The van der Waals surface area contributed by atoms with Gasteiger partial charge in [-0.15, -0.1) is 0 Å². The van der Waals surface area contributed by atoms with Crippen LogP contribution < -0.4 is 26.0 Å². The van der Waals surface area contributed by atoms with Crippen LogP contribution in [0.1, 0.15) is 40.9 Å². The first kappa shape index (κ1) is 23.3. The number of piperazine rings is 1. The Balaban J connectivity index is 1.47. The van der Waals surface area contributed by atoms with Crippen molar-refractivity contribution in [3.63, 3.8) is 0 Å². The van der Waals surface area contributed by atoms with Gasteiger partial charge >= 0.3 is 0 Å². The minimum atomic E-state index is -4.11. The molecule has 2 aliphatic rings. The van der Waals surface area contributed by atoms with E-state index in [1.165, 1.54) is 6.07 Å². The molecule has 2 atom stereocenters. The predicted octanol–water partition coefficient (Wildman–Crippen LogP) is 1.04. The number of benzene rings is 1. The van der Waals surface area contributed by atoms with Crippen LogP contribution in [-0.2, 0) is 10.0 Å². The van der Waals surface area contributed by atoms with Crippen LogP contribution >= 0.6 is 0 Å². The molecule has 0 bridgehead atoms. The fourth-order valence-electron chi connectivity index (χ4n) is 4.67. The second-order valence-corrected chi connectivity index (χ2v) is 10.6. The largest absolute Gasteiger partial charge is 0.369 e. The normalized spacial score (nSPS) is 20.4. The minimum Gasteiger partial charge on any atom is -0.369 e. The lowest BCUT2D eigenvalue weighted by atomic mass is 10.2. The molecule has 12 heteroatoms. The van der Waals surface area contributed by atoms with Gasteiger partial charge < -0.3 is 25.4 Å². The average Bonchev–Trinajstić information content (AvgIpc) is 3.21. The molecule has 0 aliphatic carbocycles. The maximum absolute atomic E-state index is 13.1. The van der Waals surface area contributed by atoms with Crippen LogP contribution in [0.3, 0.4) is 0 Å². The Hall–Kier alpha value is -3.48. The van der Waals surface area contributed by atoms with Crippen molar-refractivity contribution in [3.05, 3.63) is 47.8 Å². The number of pyridine rings is 1. The summed E-state index contributed by atoms with van der Waals surface area (Å²) in [6, 6.07) is 10.0. The van der Waals surface area contributed by atoms with E-state index in [-0.39, 0.29) is 34.3 Å². The molecular weight excluding hydrogens is 470 g/mol. The third-order valence-electron chi connectivity index (χ3n) is 6.40. The van der Waals surface area contributed by atoms with Gasteiger partial charge in [0.05, 0.1) is 11.7 Å². The number of carbonyl (C=O) groups excluding carboxylic acids is 2. The molecule has 0 saturated carbocycles. The van der Waals surface area contributed by atoms with Crippen molar-refractivity contribution < 1.29 is 18.0 Å². The highest BCUT2D eigenvalue weighted by atomic mass is 32.2. The third kappa shape index (κ3) is 4.35.